The number of nitrogens with zero attached hydrogens (tertiary/aromatic N) is 17. The average molecular weight is 1900 g/mol. The fraction of sp³-hybridized carbons (Fsp3) is 0.125. The molecule has 0 aliphatic heterocycles. The van der Waals surface area contributed by atoms with E-state index in [-0.39, 0.29) is 49.1 Å². The van der Waals surface area contributed by atoms with Crippen molar-refractivity contribution in [1.82, 2.24) is 82.0 Å². The number of pyridine rings is 5. The third kappa shape index (κ3) is 18.7. The Hall–Kier alpha value is -16.7. The Morgan fingerprint density at radius 3 is 1.18 bits per heavy atom. The minimum atomic E-state index is -4.75. The highest BCUT2D eigenvalue weighted by Crippen LogP contribution is 2.41. The predicted octanol–water partition coefficient (Wildman–Crippen LogP) is 21.7. The van der Waals surface area contributed by atoms with Crippen molar-refractivity contribution in [2.24, 2.45) is 0 Å². The van der Waals surface area contributed by atoms with E-state index in [0.717, 1.165) is 56.2 Å². The Balaban J connectivity index is 0.000000127. The standard InChI is InChI=1S/C25H17F4N5O.C24H16ClF4N5O.C24H17F4N5O.C23H17F3N6O/c1-14(33-23-22-19(31-13-32-23)9-4-10-30-22)20-11-15-5-2-8-18(25(27,28)29)21(15)24(35)34(20)17-7-3-6-16(26)12-17;1-13(31-18-12-20(25)32-33-9-8-30-22(18)33)19-10-14-4-2-7-17(24(27,28)29)21(14)23(35)34(19)16-6-3-5-15(26)11-16;1-14(31-19-8-9-30-32-11-10-29-22(19)32)20-12-15-4-2-7-18(24(26,27)28)21(15)23(34)33(20)17-6-3-5-16(25)13-17;1-14(30-22-28-13-27-19-10-11-29-32(19)22)18-12-15-6-5-9-17(23(24,25)26)20(15)21(33)31(18)16-7-3-2-4-8-16/h2-14H,1H3,(H,31,32,33);2-13,31H,1H3;2-14,31H,1H3;2-14H,1H3,(H,27,28,30)/t14-;13-;2*14-/m0000/s1. The first-order valence-electron chi connectivity index (χ1n) is 41.4. The van der Waals surface area contributed by atoms with Crippen LogP contribution in [0.3, 0.4) is 0 Å². The number of imidazole rings is 2. The summed E-state index contributed by atoms with van der Waals surface area (Å²) in [6, 6.07) is 50.6. The summed E-state index contributed by atoms with van der Waals surface area (Å²) in [4.78, 5) is 83.8. The average Bonchev–Trinajstić information content (AvgIpc) is 0.830. The molecule has 0 saturated heterocycles. The monoisotopic (exact) mass is 1900 g/mol. The van der Waals surface area contributed by atoms with Gasteiger partial charge in [0.1, 0.15) is 35.6 Å². The number of aromatic nitrogens is 17. The van der Waals surface area contributed by atoms with Gasteiger partial charge in [-0.25, -0.2) is 52.1 Å². The molecule has 0 bridgehead atoms. The number of rotatable bonds is 16. The largest absolute Gasteiger partial charge is 0.417 e. The van der Waals surface area contributed by atoms with Crippen molar-refractivity contribution < 1.29 is 65.9 Å². The van der Waals surface area contributed by atoms with Gasteiger partial charge in [-0.15, -0.1) is 0 Å². The van der Waals surface area contributed by atoms with Crippen LogP contribution in [0.15, 0.2) is 306 Å². The van der Waals surface area contributed by atoms with Crippen molar-refractivity contribution in [3.8, 4) is 22.7 Å². The van der Waals surface area contributed by atoms with Crippen molar-refractivity contribution in [2.75, 3.05) is 21.3 Å². The SMILES string of the molecule is C[C@H](Nc1cc(Cl)nn2ccnc12)c1cc2cccc(C(F)(F)F)c2c(=O)n1-c1cccc(F)c1.C[C@H](Nc1ccnn2ccnc12)c1cc2cccc(C(F)(F)F)c2c(=O)n1-c1cccc(F)c1.C[C@H](Nc1ncnc2cccnc12)c1cc2cccc(C(F)(F)F)c2c(=O)n1-c1cccc(F)c1.C[C@H](Nc1ncnc2ccnn12)c1cc2cccc(C(F)(F)F)c2c(=O)n1-c1ccccc1. The highest BCUT2D eigenvalue weighted by molar-refractivity contribution is 6.29. The van der Waals surface area contributed by atoms with E-state index in [1.165, 1.54) is 154 Å². The quantitative estimate of drug-likeness (QED) is 0.0654. The molecule has 0 radical (unpaired) electrons. The molecule has 137 heavy (non-hydrogen) atoms. The van der Waals surface area contributed by atoms with Crippen molar-refractivity contribution in [2.45, 2.75) is 76.6 Å². The lowest BCUT2D eigenvalue weighted by atomic mass is 10.0. The Morgan fingerprint density at radius 2 is 0.730 bits per heavy atom. The maximum Gasteiger partial charge on any atom is 0.417 e. The number of alkyl halides is 12. The van der Waals surface area contributed by atoms with Crippen molar-refractivity contribution >= 4 is 106 Å². The molecule has 0 fully saturated rings. The summed E-state index contributed by atoms with van der Waals surface area (Å²) in [6.45, 7) is 6.99. The minimum Gasteiger partial charge on any atom is -0.374 e. The summed E-state index contributed by atoms with van der Waals surface area (Å²) in [6.07, 6.45) is -5.02. The molecule has 4 atom stereocenters. The van der Waals surface area contributed by atoms with Crippen LogP contribution in [0.5, 0.6) is 0 Å². The van der Waals surface area contributed by atoms with Crippen molar-refractivity contribution in [3.05, 3.63) is 396 Å². The van der Waals surface area contributed by atoms with Crippen LogP contribution in [-0.2, 0) is 24.7 Å². The molecule has 12 aromatic heterocycles. The topological polar surface area (TPSA) is 278 Å². The molecule has 0 amide bonds. The van der Waals surface area contributed by atoms with E-state index in [4.69, 9.17) is 11.6 Å². The number of hydrogen-bond donors (Lipinski definition) is 4. The van der Waals surface area contributed by atoms with Crippen LogP contribution >= 0.6 is 11.6 Å². The molecule has 0 spiro atoms. The van der Waals surface area contributed by atoms with Crippen LogP contribution in [0.1, 0.15) is 96.9 Å². The molecule has 20 rings (SSSR count). The van der Waals surface area contributed by atoms with E-state index in [1.54, 1.807) is 136 Å². The molecule has 0 aliphatic rings. The second-order valence-corrected chi connectivity index (χ2v) is 31.4. The Morgan fingerprint density at radius 1 is 0.336 bits per heavy atom. The highest BCUT2D eigenvalue weighted by atomic mass is 35.5. The molecule has 0 saturated carbocycles. The molecule has 0 aliphatic carbocycles. The second-order valence-electron chi connectivity index (χ2n) is 31.1. The van der Waals surface area contributed by atoms with Gasteiger partial charge in [-0.2, -0.15) is 72.5 Å². The van der Waals surface area contributed by atoms with Gasteiger partial charge < -0.3 is 21.3 Å². The number of halogens is 16. The fourth-order valence-electron chi connectivity index (χ4n) is 16.2. The molecular formula is C96H67ClF15N21O4. The summed E-state index contributed by atoms with van der Waals surface area (Å²) < 4.78 is 216. The van der Waals surface area contributed by atoms with E-state index in [0.29, 0.717) is 79.6 Å². The van der Waals surface area contributed by atoms with Gasteiger partial charge in [0, 0.05) is 71.6 Å². The third-order valence-corrected chi connectivity index (χ3v) is 22.4. The summed E-state index contributed by atoms with van der Waals surface area (Å²) in [5.74, 6) is -1.12. The lowest BCUT2D eigenvalue weighted by molar-refractivity contribution is -0.137. The van der Waals surface area contributed by atoms with Crippen LogP contribution in [0.25, 0.3) is 93.8 Å². The van der Waals surface area contributed by atoms with Gasteiger partial charge in [0.25, 0.3) is 22.2 Å². The van der Waals surface area contributed by atoms with Crippen molar-refractivity contribution in [3.63, 3.8) is 0 Å². The summed E-state index contributed by atoms with van der Waals surface area (Å²) in [7, 11) is 0. The van der Waals surface area contributed by atoms with Gasteiger partial charge in [0.2, 0.25) is 5.95 Å². The van der Waals surface area contributed by atoms with Gasteiger partial charge in [0.15, 0.2) is 27.9 Å². The minimum absolute atomic E-state index is 0.0937. The maximum atomic E-state index is 14.1. The molecule has 692 valence electrons. The molecule has 25 nitrogen and oxygen atoms in total. The van der Waals surface area contributed by atoms with E-state index in [9.17, 15) is 85.0 Å². The van der Waals surface area contributed by atoms with Crippen LogP contribution in [0, 0.1) is 17.5 Å². The van der Waals surface area contributed by atoms with Crippen LogP contribution in [0.2, 0.25) is 5.15 Å². The van der Waals surface area contributed by atoms with Gasteiger partial charge in [0.05, 0.1) is 114 Å². The number of fused-ring (bicyclic) bond motifs is 8. The molecule has 12 heterocycles. The first-order chi connectivity index (χ1) is 65.4. The van der Waals surface area contributed by atoms with Crippen LogP contribution < -0.4 is 43.5 Å². The maximum absolute atomic E-state index is 14.1. The van der Waals surface area contributed by atoms with Crippen LogP contribution in [-0.4, -0.2) is 82.0 Å². The number of para-hydroxylation sites is 1. The number of anilines is 4. The lowest BCUT2D eigenvalue weighted by Crippen LogP contribution is -2.27. The fourth-order valence-corrected chi connectivity index (χ4v) is 16.4. The van der Waals surface area contributed by atoms with E-state index >= 15 is 0 Å². The molecular weight excluding hydrogens is 1830 g/mol. The number of benzene rings is 8. The zero-order valence-corrected chi connectivity index (χ0v) is 72.0. The first-order valence-corrected chi connectivity index (χ1v) is 41.7. The van der Waals surface area contributed by atoms with Gasteiger partial charge in [-0.05, 0) is 183 Å². The molecule has 4 N–H and O–H groups in total. The van der Waals surface area contributed by atoms with Crippen LogP contribution in [0.4, 0.5) is 89.0 Å². The van der Waals surface area contributed by atoms with E-state index in [1.807, 2.05) is 0 Å². The second kappa shape index (κ2) is 37.1. The zero-order valence-electron chi connectivity index (χ0n) is 71.2. The summed E-state index contributed by atoms with van der Waals surface area (Å²) in [5.41, 5.74) is -1.61. The number of nitrogens with one attached hydrogen (secondary N) is 4. The van der Waals surface area contributed by atoms with E-state index < -0.39 is 127 Å². The van der Waals surface area contributed by atoms with E-state index in [2.05, 4.69) is 71.5 Å². The Bertz CT molecular complexity index is 8300. The highest BCUT2D eigenvalue weighted by Gasteiger charge is 2.39. The van der Waals surface area contributed by atoms with Gasteiger partial charge in [-0.1, -0.05) is 96.5 Å². The molecule has 8 aromatic carbocycles. The summed E-state index contributed by atoms with van der Waals surface area (Å²) >= 11 is 6.12. The Kier molecular flexibility index (Phi) is 24.9. The lowest BCUT2D eigenvalue weighted by Gasteiger charge is -2.23. The number of hydrogen-bond acceptors (Lipinski definition) is 18. The smallest absolute Gasteiger partial charge is 0.374 e. The molecule has 41 heteroatoms. The normalized spacial score (nSPS) is 12.8. The predicted molar refractivity (Wildman–Crippen MR) is 485 cm³/mol. The molecule has 20 aromatic rings. The van der Waals surface area contributed by atoms with Gasteiger partial charge in [-0.3, -0.25) is 42.4 Å². The van der Waals surface area contributed by atoms with Crippen molar-refractivity contribution in [1.29, 1.82) is 0 Å². The third-order valence-electron chi connectivity index (χ3n) is 22.2. The first kappa shape index (κ1) is 92.2. The summed E-state index contributed by atoms with van der Waals surface area (Å²) in [5, 5.41) is 24.2. The Labute approximate surface area is 766 Å². The molecule has 0 unspecified atom stereocenters. The van der Waals surface area contributed by atoms with Gasteiger partial charge >= 0.3 is 24.7 Å². The zero-order chi connectivity index (χ0) is 96.8.